The Morgan fingerprint density at radius 2 is 1.77 bits per heavy atom. The molecule has 0 aromatic heterocycles. The first kappa shape index (κ1) is 40.0. The van der Waals surface area contributed by atoms with Crippen LogP contribution in [-0.4, -0.2) is 109 Å². The van der Waals surface area contributed by atoms with Crippen molar-refractivity contribution in [3.63, 3.8) is 0 Å². The molecule has 0 radical (unpaired) electrons. The van der Waals surface area contributed by atoms with E-state index in [-0.39, 0.29) is 50.4 Å². The summed E-state index contributed by atoms with van der Waals surface area (Å²) in [6.45, 7) is 6.00. The largest absolute Gasteiger partial charge is 0.466 e. The van der Waals surface area contributed by atoms with Gasteiger partial charge >= 0.3 is 17.9 Å². The molecule has 3 rings (SSSR count). The molecule has 3 heterocycles. The first-order valence-electron chi connectivity index (χ1n) is 17.3. The van der Waals surface area contributed by atoms with E-state index in [1.807, 2.05) is 0 Å². The molecule has 2 fully saturated rings. The number of methoxy groups -OCH3 is 1. The average Bonchev–Trinajstić information content (AvgIpc) is 3.04. The number of aliphatic hydroxyl groups excluding tert-OH is 2. The van der Waals surface area contributed by atoms with Crippen LogP contribution in [-0.2, 0) is 47.5 Å². The predicted molar refractivity (Wildman–Crippen MR) is 172 cm³/mol. The van der Waals surface area contributed by atoms with Crippen molar-refractivity contribution in [3.8, 4) is 0 Å². The highest BCUT2D eigenvalue weighted by molar-refractivity contribution is 5.83. The number of fused-ring (bicyclic) bond motifs is 4. The molecule has 0 unspecified atom stereocenters. The molecule has 3 aliphatic rings. The van der Waals surface area contributed by atoms with Gasteiger partial charge in [0.1, 0.15) is 6.10 Å². The van der Waals surface area contributed by atoms with E-state index in [2.05, 4.69) is 6.92 Å². The van der Waals surface area contributed by atoms with Gasteiger partial charge < -0.3 is 48.5 Å². The van der Waals surface area contributed by atoms with Crippen LogP contribution in [0.4, 0.5) is 0 Å². The van der Waals surface area contributed by atoms with Crippen molar-refractivity contribution in [2.45, 2.75) is 140 Å². The van der Waals surface area contributed by atoms with Gasteiger partial charge in [-0.05, 0) is 43.8 Å². The SMILES string of the molecule is CCCCCCCC(=O)O[C@H]1/C(=C/C(=O)OC)C[C@H]2C[C@H](CO)OC(=O)C[C@H](O)CCOCC[C@@H]3CCO[C@H](/C=C/C(C)(C)[C@]1(O)O2)O3. The lowest BCUT2D eigenvalue weighted by atomic mass is 9.74. The Balaban J connectivity index is 1.99. The smallest absolute Gasteiger partial charge is 0.330 e. The van der Waals surface area contributed by atoms with Crippen molar-refractivity contribution in [1.82, 2.24) is 0 Å². The van der Waals surface area contributed by atoms with Crippen LogP contribution in [0.2, 0.25) is 0 Å². The third kappa shape index (κ3) is 12.2. The number of aliphatic hydroxyl groups is 3. The molecule has 0 aliphatic carbocycles. The summed E-state index contributed by atoms with van der Waals surface area (Å²) in [7, 11) is 1.21. The number of esters is 3. The van der Waals surface area contributed by atoms with Gasteiger partial charge in [0.15, 0.2) is 12.4 Å². The van der Waals surface area contributed by atoms with Crippen LogP contribution in [0, 0.1) is 5.41 Å². The highest BCUT2D eigenvalue weighted by Gasteiger charge is 2.57. The molecule has 13 nitrogen and oxygen atoms in total. The Morgan fingerprint density at radius 1 is 1.04 bits per heavy atom. The second-order valence-electron chi connectivity index (χ2n) is 13.4. The summed E-state index contributed by atoms with van der Waals surface area (Å²) in [6.07, 6.45) is 5.02. The Morgan fingerprint density at radius 3 is 2.50 bits per heavy atom. The molecule has 3 aliphatic heterocycles. The summed E-state index contributed by atoms with van der Waals surface area (Å²) in [4.78, 5) is 38.4. The molecule has 0 saturated carbocycles. The summed E-state index contributed by atoms with van der Waals surface area (Å²) in [5, 5.41) is 33.0. The molecule has 7 atom stereocenters. The van der Waals surface area contributed by atoms with Gasteiger partial charge in [0.25, 0.3) is 0 Å². The van der Waals surface area contributed by atoms with E-state index in [0.29, 0.717) is 32.5 Å². The molecule has 2 saturated heterocycles. The molecule has 0 amide bonds. The zero-order chi connectivity index (χ0) is 35.2. The molecule has 13 heteroatoms. The number of unbranched alkanes of at least 4 members (excludes halogenated alkanes) is 4. The fourth-order valence-corrected chi connectivity index (χ4v) is 6.05. The van der Waals surface area contributed by atoms with E-state index in [0.717, 1.165) is 25.7 Å². The van der Waals surface area contributed by atoms with Gasteiger partial charge in [0, 0.05) is 37.5 Å². The fourth-order valence-electron chi connectivity index (χ4n) is 6.05. The van der Waals surface area contributed by atoms with Gasteiger partial charge in [0.05, 0.1) is 45.1 Å². The quantitative estimate of drug-likeness (QED) is 0.106. The molecular formula is C35H56O13. The standard InChI is InChI=1S/C35H56O13/c1-5-6-7-8-9-10-29(38)47-33-24(20-30(39)42-4)19-27-22-28(23-36)45-31(40)21-25(37)12-16-43-17-13-26-14-18-44-32(46-26)11-15-34(2,3)35(33,41)48-27/h11,15,20,25-28,32-33,36-37,41H,5-10,12-14,16-19,21-23H2,1-4H3/b15-11+,24-20+/t25-,26-,27+,28-,32+,33+,35-/m1/s1. The van der Waals surface area contributed by atoms with Crippen molar-refractivity contribution < 1.29 is 62.9 Å². The van der Waals surface area contributed by atoms with Gasteiger partial charge in [-0.15, -0.1) is 0 Å². The summed E-state index contributed by atoms with van der Waals surface area (Å²) >= 11 is 0. The van der Waals surface area contributed by atoms with Gasteiger partial charge in [-0.3, -0.25) is 9.59 Å². The Kier molecular flexibility index (Phi) is 16.4. The average molecular weight is 685 g/mol. The number of ether oxygens (including phenoxy) is 7. The van der Waals surface area contributed by atoms with Gasteiger partial charge in [-0.2, -0.15) is 0 Å². The van der Waals surface area contributed by atoms with Crippen LogP contribution in [0.5, 0.6) is 0 Å². The minimum absolute atomic E-state index is 0.00378. The topological polar surface area (TPSA) is 177 Å². The summed E-state index contributed by atoms with van der Waals surface area (Å²) in [6, 6.07) is 0. The molecule has 4 bridgehead atoms. The van der Waals surface area contributed by atoms with Crippen molar-refractivity contribution in [2.24, 2.45) is 5.41 Å². The summed E-state index contributed by atoms with van der Waals surface area (Å²) < 4.78 is 40.3. The zero-order valence-electron chi connectivity index (χ0n) is 28.9. The molecule has 0 aromatic rings. The highest BCUT2D eigenvalue weighted by Crippen LogP contribution is 2.46. The second kappa shape index (κ2) is 19.7. The van der Waals surface area contributed by atoms with Gasteiger partial charge in [0.2, 0.25) is 5.79 Å². The van der Waals surface area contributed by atoms with Crippen LogP contribution >= 0.6 is 0 Å². The third-order valence-electron chi connectivity index (χ3n) is 8.99. The van der Waals surface area contributed by atoms with E-state index in [4.69, 9.17) is 33.2 Å². The third-order valence-corrected chi connectivity index (χ3v) is 8.99. The van der Waals surface area contributed by atoms with E-state index in [1.54, 1.807) is 26.0 Å². The van der Waals surface area contributed by atoms with Crippen molar-refractivity contribution >= 4 is 17.9 Å². The first-order valence-corrected chi connectivity index (χ1v) is 17.3. The number of hydrogen-bond donors (Lipinski definition) is 3. The zero-order valence-corrected chi connectivity index (χ0v) is 28.9. The maximum Gasteiger partial charge on any atom is 0.330 e. The summed E-state index contributed by atoms with van der Waals surface area (Å²) in [5.74, 6) is -4.24. The normalized spacial score (nSPS) is 33.6. The highest BCUT2D eigenvalue weighted by atomic mass is 16.7. The van der Waals surface area contributed by atoms with E-state index in [9.17, 15) is 29.7 Å². The lowest BCUT2D eigenvalue weighted by molar-refractivity contribution is -0.327. The van der Waals surface area contributed by atoms with E-state index < -0.39 is 66.4 Å². The van der Waals surface area contributed by atoms with Crippen molar-refractivity contribution in [2.75, 3.05) is 33.5 Å². The Labute approximate surface area is 283 Å². The minimum Gasteiger partial charge on any atom is -0.466 e. The predicted octanol–water partition coefficient (Wildman–Crippen LogP) is 3.41. The lowest BCUT2D eigenvalue weighted by Gasteiger charge is -2.51. The molecule has 3 N–H and O–H groups in total. The minimum atomic E-state index is -2.24. The van der Waals surface area contributed by atoms with Crippen LogP contribution in [0.15, 0.2) is 23.8 Å². The van der Waals surface area contributed by atoms with Crippen LogP contribution in [0.25, 0.3) is 0 Å². The maximum absolute atomic E-state index is 13.2. The fraction of sp³-hybridized carbons (Fsp3) is 0.800. The number of carbonyl (C=O) groups excluding carboxylic acids is 3. The molecule has 274 valence electrons. The molecule has 0 aromatic carbocycles. The van der Waals surface area contributed by atoms with E-state index >= 15 is 0 Å². The lowest BCUT2D eigenvalue weighted by Crippen LogP contribution is -2.62. The van der Waals surface area contributed by atoms with Gasteiger partial charge in [-0.1, -0.05) is 52.5 Å². The second-order valence-corrected chi connectivity index (χ2v) is 13.4. The molecular weight excluding hydrogens is 628 g/mol. The maximum atomic E-state index is 13.2. The number of carbonyl (C=O) groups is 3. The number of cyclic esters (lactones) is 1. The molecule has 0 spiro atoms. The number of rotatable bonds is 9. The van der Waals surface area contributed by atoms with Gasteiger partial charge in [-0.25, -0.2) is 4.79 Å². The van der Waals surface area contributed by atoms with Crippen molar-refractivity contribution in [1.29, 1.82) is 0 Å². The Hall–Kier alpha value is -2.39. The number of hydrogen-bond acceptors (Lipinski definition) is 13. The van der Waals surface area contributed by atoms with Crippen LogP contribution in [0.3, 0.4) is 0 Å². The monoisotopic (exact) mass is 684 g/mol. The van der Waals surface area contributed by atoms with Crippen LogP contribution < -0.4 is 0 Å². The van der Waals surface area contributed by atoms with Crippen LogP contribution in [0.1, 0.15) is 97.8 Å². The Bertz CT molecular complexity index is 1090. The van der Waals surface area contributed by atoms with E-state index in [1.165, 1.54) is 13.2 Å². The molecule has 48 heavy (non-hydrogen) atoms. The van der Waals surface area contributed by atoms with Crippen molar-refractivity contribution in [3.05, 3.63) is 23.8 Å². The first-order chi connectivity index (χ1) is 22.9. The summed E-state index contributed by atoms with van der Waals surface area (Å²) in [5.41, 5.74) is -1.04.